The summed E-state index contributed by atoms with van der Waals surface area (Å²) in [6.07, 6.45) is 13.6. The van der Waals surface area contributed by atoms with E-state index in [0.717, 1.165) is 76.2 Å². The van der Waals surface area contributed by atoms with Gasteiger partial charge in [-0.3, -0.25) is 14.4 Å². The van der Waals surface area contributed by atoms with Crippen molar-refractivity contribution in [1.82, 2.24) is 0 Å². The van der Waals surface area contributed by atoms with E-state index in [-0.39, 0.29) is 23.0 Å². The summed E-state index contributed by atoms with van der Waals surface area (Å²) in [7, 11) is 0. The first-order valence-corrected chi connectivity index (χ1v) is 13.4. The lowest BCUT2D eigenvalue weighted by Crippen LogP contribution is -2.59. The third-order valence-electron chi connectivity index (χ3n) is 9.80. The molecular weight excluding hydrogens is 412 g/mol. The van der Waals surface area contributed by atoms with Gasteiger partial charge in [0.25, 0.3) is 0 Å². The maximum absolute atomic E-state index is 13.3. The van der Waals surface area contributed by atoms with E-state index >= 15 is 0 Å². The SMILES string of the molecule is C=C1C[C@H]2[C@@H]3CCC4=CC(=O)CC[C@@H]4[C@H]3CC[C@]2(CC)[C@]1(OC(=O)CCCCCC)C(C)=O. The highest BCUT2D eigenvalue weighted by molar-refractivity contribution is 5.93. The van der Waals surface area contributed by atoms with Crippen LogP contribution in [0.5, 0.6) is 0 Å². The van der Waals surface area contributed by atoms with E-state index in [1.807, 2.05) is 6.08 Å². The normalized spacial score (nSPS) is 37.6. The van der Waals surface area contributed by atoms with Crippen LogP contribution in [-0.4, -0.2) is 23.1 Å². The number of hydrogen-bond acceptors (Lipinski definition) is 4. The van der Waals surface area contributed by atoms with Gasteiger partial charge in [-0.2, -0.15) is 0 Å². The smallest absolute Gasteiger partial charge is 0.307 e. The third kappa shape index (κ3) is 3.86. The Hall–Kier alpha value is -1.71. The van der Waals surface area contributed by atoms with Crippen LogP contribution in [0.25, 0.3) is 0 Å². The Labute approximate surface area is 199 Å². The number of Topliss-reactive ketones (excluding diaryl/α,β-unsaturated/α-hetero) is 1. The minimum Gasteiger partial charge on any atom is -0.446 e. The number of allylic oxidation sites excluding steroid dienone is 1. The number of carbonyl (C=O) groups is 3. The lowest BCUT2D eigenvalue weighted by molar-refractivity contribution is -0.185. The zero-order valence-corrected chi connectivity index (χ0v) is 20.9. The number of hydrogen-bond donors (Lipinski definition) is 0. The van der Waals surface area contributed by atoms with Crippen molar-refractivity contribution in [2.75, 3.05) is 0 Å². The van der Waals surface area contributed by atoms with Crippen molar-refractivity contribution in [2.45, 2.75) is 110 Å². The van der Waals surface area contributed by atoms with Crippen LogP contribution < -0.4 is 0 Å². The van der Waals surface area contributed by atoms with Crippen LogP contribution >= 0.6 is 0 Å². The van der Waals surface area contributed by atoms with Gasteiger partial charge in [0, 0.05) is 18.3 Å². The largest absolute Gasteiger partial charge is 0.446 e. The first kappa shape index (κ1) is 24.4. The third-order valence-corrected chi connectivity index (χ3v) is 9.80. The van der Waals surface area contributed by atoms with Crippen molar-refractivity contribution in [3.63, 3.8) is 0 Å². The standard InChI is InChI=1S/C29H42O4/c1-5-7-8-9-10-27(32)33-29(20(4)30)19(3)17-26-25-13-11-21-18-22(31)12-14-23(21)24(25)15-16-28(26,29)6-2/h18,23-26H,3,5-17H2,1-2,4H3/t23-,24+,25+,26-,28-,29+/m0/s1. The molecule has 0 heterocycles. The molecule has 4 nitrogen and oxygen atoms in total. The topological polar surface area (TPSA) is 60.4 Å². The second-order valence-corrected chi connectivity index (χ2v) is 11.2. The molecule has 4 heteroatoms. The van der Waals surface area contributed by atoms with Crippen LogP contribution in [0.2, 0.25) is 0 Å². The fourth-order valence-electron chi connectivity index (χ4n) is 8.39. The molecular formula is C29H42O4. The van der Waals surface area contributed by atoms with Crippen molar-refractivity contribution in [2.24, 2.45) is 29.1 Å². The maximum atomic E-state index is 13.3. The highest BCUT2D eigenvalue weighted by atomic mass is 16.6. The van der Waals surface area contributed by atoms with E-state index in [2.05, 4.69) is 20.4 Å². The Morgan fingerprint density at radius 3 is 2.58 bits per heavy atom. The molecule has 182 valence electrons. The summed E-state index contributed by atoms with van der Waals surface area (Å²) in [6, 6.07) is 0. The maximum Gasteiger partial charge on any atom is 0.307 e. The van der Waals surface area contributed by atoms with Gasteiger partial charge in [0.05, 0.1) is 0 Å². The number of esters is 1. The van der Waals surface area contributed by atoms with E-state index in [1.54, 1.807) is 6.92 Å². The number of ether oxygens (including phenoxy) is 1. The van der Waals surface area contributed by atoms with Gasteiger partial charge in [0.15, 0.2) is 17.2 Å². The zero-order chi connectivity index (χ0) is 23.8. The lowest BCUT2D eigenvalue weighted by atomic mass is 9.49. The summed E-state index contributed by atoms with van der Waals surface area (Å²) < 4.78 is 6.27. The highest BCUT2D eigenvalue weighted by Gasteiger charge is 2.69. The predicted octanol–water partition coefficient (Wildman–Crippen LogP) is 6.53. The molecule has 3 fully saturated rings. The molecule has 0 N–H and O–H groups in total. The lowest BCUT2D eigenvalue weighted by Gasteiger charge is -2.56. The van der Waals surface area contributed by atoms with E-state index in [1.165, 1.54) is 5.57 Å². The van der Waals surface area contributed by atoms with Gasteiger partial charge in [-0.25, -0.2) is 0 Å². The Morgan fingerprint density at radius 1 is 1.09 bits per heavy atom. The van der Waals surface area contributed by atoms with Crippen LogP contribution in [-0.2, 0) is 19.1 Å². The number of rotatable bonds is 8. The Morgan fingerprint density at radius 2 is 1.88 bits per heavy atom. The van der Waals surface area contributed by atoms with Crippen molar-refractivity contribution < 1.29 is 19.1 Å². The molecule has 4 aliphatic carbocycles. The molecule has 0 aromatic rings. The molecule has 33 heavy (non-hydrogen) atoms. The Bertz CT molecular complexity index is 854. The quantitative estimate of drug-likeness (QED) is 0.238. The first-order chi connectivity index (χ1) is 15.8. The fraction of sp³-hybridized carbons (Fsp3) is 0.759. The van der Waals surface area contributed by atoms with Crippen LogP contribution in [0.4, 0.5) is 0 Å². The molecule has 0 spiro atoms. The molecule has 4 rings (SSSR count). The second-order valence-electron chi connectivity index (χ2n) is 11.2. The highest BCUT2D eigenvalue weighted by Crippen LogP contribution is 2.68. The van der Waals surface area contributed by atoms with Gasteiger partial charge < -0.3 is 4.74 Å². The summed E-state index contributed by atoms with van der Waals surface area (Å²) in [5.74, 6) is 1.92. The number of fused-ring (bicyclic) bond motifs is 5. The number of unbranched alkanes of at least 4 members (excludes halogenated alkanes) is 3. The summed E-state index contributed by atoms with van der Waals surface area (Å²) in [6.45, 7) is 10.3. The minimum absolute atomic E-state index is 0.0446. The summed E-state index contributed by atoms with van der Waals surface area (Å²) in [5.41, 5.74) is 0.675. The van der Waals surface area contributed by atoms with Crippen LogP contribution in [0.1, 0.15) is 104 Å². The van der Waals surface area contributed by atoms with E-state index in [0.29, 0.717) is 36.5 Å². The van der Waals surface area contributed by atoms with Crippen molar-refractivity contribution in [1.29, 1.82) is 0 Å². The van der Waals surface area contributed by atoms with Crippen molar-refractivity contribution >= 4 is 17.5 Å². The summed E-state index contributed by atoms with van der Waals surface area (Å²) in [5, 5.41) is 0. The van der Waals surface area contributed by atoms with E-state index < -0.39 is 5.60 Å². The zero-order valence-electron chi connectivity index (χ0n) is 20.9. The molecule has 0 aromatic carbocycles. The average Bonchev–Trinajstić information content (AvgIpc) is 3.05. The summed E-state index contributed by atoms with van der Waals surface area (Å²) >= 11 is 0. The van der Waals surface area contributed by atoms with Crippen LogP contribution in [0.3, 0.4) is 0 Å². The molecule has 3 saturated carbocycles. The Kier molecular flexibility index (Phi) is 7.03. The van der Waals surface area contributed by atoms with Gasteiger partial charge in [-0.1, -0.05) is 45.3 Å². The fourth-order valence-corrected chi connectivity index (χ4v) is 8.39. The molecule has 0 amide bonds. The second kappa shape index (κ2) is 9.50. The molecule has 0 saturated heterocycles. The van der Waals surface area contributed by atoms with Crippen LogP contribution in [0, 0.1) is 29.1 Å². The van der Waals surface area contributed by atoms with Gasteiger partial charge in [0.1, 0.15) is 0 Å². The van der Waals surface area contributed by atoms with Crippen molar-refractivity contribution in [3.8, 4) is 0 Å². The van der Waals surface area contributed by atoms with Gasteiger partial charge in [-0.15, -0.1) is 0 Å². The molecule has 6 atom stereocenters. The monoisotopic (exact) mass is 454 g/mol. The predicted molar refractivity (Wildman–Crippen MR) is 129 cm³/mol. The van der Waals surface area contributed by atoms with Gasteiger partial charge >= 0.3 is 5.97 Å². The average molecular weight is 455 g/mol. The Balaban J connectivity index is 1.62. The summed E-state index contributed by atoms with van der Waals surface area (Å²) in [4.78, 5) is 38.3. The van der Waals surface area contributed by atoms with Crippen molar-refractivity contribution in [3.05, 3.63) is 23.8 Å². The molecule has 0 aliphatic heterocycles. The molecule has 0 aromatic heterocycles. The molecule has 0 radical (unpaired) electrons. The number of ketones is 2. The first-order valence-electron chi connectivity index (χ1n) is 13.4. The van der Waals surface area contributed by atoms with E-state index in [9.17, 15) is 14.4 Å². The van der Waals surface area contributed by atoms with Crippen LogP contribution in [0.15, 0.2) is 23.8 Å². The molecule has 4 aliphatic rings. The molecule has 0 unspecified atom stereocenters. The minimum atomic E-state index is -1.17. The number of carbonyl (C=O) groups excluding carboxylic acids is 3. The molecule has 0 bridgehead atoms. The van der Waals surface area contributed by atoms with E-state index in [4.69, 9.17) is 4.74 Å². The van der Waals surface area contributed by atoms with Gasteiger partial charge in [-0.05, 0) is 93.6 Å². The van der Waals surface area contributed by atoms with Gasteiger partial charge in [0.2, 0.25) is 0 Å².